The fourth-order valence-corrected chi connectivity index (χ4v) is 4.11. The summed E-state index contributed by atoms with van der Waals surface area (Å²) in [6.45, 7) is 0.578. The Labute approximate surface area is 181 Å². The molecule has 0 spiro atoms. The average Bonchev–Trinajstić information content (AvgIpc) is 2.80. The smallest absolute Gasteiger partial charge is 0.263 e. The second kappa shape index (κ2) is 9.01. The van der Waals surface area contributed by atoms with Gasteiger partial charge in [-0.3, -0.25) is 4.72 Å². The van der Waals surface area contributed by atoms with E-state index in [1.54, 1.807) is 18.2 Å². The van der Waals surface area contributed by atoms with Crippen LogP contribution in [0.1, 0.15) is 5.56 Å². The zero-order chi connectivity index (χ0) is 21.7. The standard InChI is InChI=1S/C23H22N4O3S/c1-30-18-11-13-19(14-12-18)31(28,29)27-23-22(24-16-15-17-7-3-2-4-8-17)25-20-9-5-6-10-21(20)26-23/h2-14H,15-16H2,1H3,(H,24,25)(H,26,27). The van der Waals surface area contributed by atoms with E-state index in [9.17, 15) is 8.42 Å². The lowest BCUT2D eigenvalue weighted by Gasteiger charge is -2.14. The number of methoxy groups -OCH3 is 1. The van der Waals surface area contributed by atoms with Gasteiger partial charge in [0.1, 0.15) is 5.75 Å². The SMILES string of the molecule is COc1ccc(S(=O)(=O)Nc2nc3ccccc3nc2NCCc2ccccc2)cc1. The first-order valence-corrected chi connectivity index (χ1v) is 11.2. The lowest BCUT2D eigenvalue weighted by Crippen LogP contribution is -2.17. The molecule has 8 heteroatoms. The minimum Gasteiger partial charge on any atom is -0.497 e. The predicted molar refractivity (Wildman–Crippen MR) is 122 cm³/mol. The van der Waals surface area contributed by atoms with E-state index >= 15 is 0 Å². The zero-order valence-electron chi connectivity index (χ0n) is 16.9. The third kappa shape index (κ3) is 4.92. The van der Waals surface area contributed by atoms with Gasteiger partial charge in [0.25, 0.3) is 10.0 Å². The minimum absolute atomic E-state index is 0.110. The number of aromatic nitrogens is 2. The van der Waals surface area contributed by atoms with E-state index in [-0.39, 0.29) is 10.7 Å². The quantitative estimate of drug-likeness (QED) is 0.434. The van der Waals surface area contributed by atoms with Gasteiger partial charge in [-0.15, -0.1) is 0 Å². The van der Waals surface area contributed by atoms with Crippen molar-refractivity contribution < 1.29 is 13.2 Å². The number of sulfonamides is 1. The Morgan fingerprint density at radius 2 is 1.42 bits per heavy atom. The molecule has 7 nitrogen and oxygen atoms in total. The summed E-state index contributed by atoms with van der Waals surface area (Å²) in [5.74, 6) is 1.11. The van der Waals surface area contributed by atoms with Gasteiger partial charge in [0, 0.05) is 6.54 Å². The molecule has 3 aromatic carbocycles. The van der Waals surface area contributed by atoms with Crippen molar-refractivity contribution in [2.45, 2.75) is 11.3 Å². The maximum absolute atomic E-state index is 12.9. The number of anilines is 2. The molecular formula is C23H22N4O3S. The second-order valence-electron chi connectivity index (χ2n) is 6.85. The molecule has 1 aromatic heterocycles. The fourth-order valence-electron chi connectivity index (χ4n) is 3.11. The Morgan fingerprint density at radius 3 is 2.06 bits per heavy atom. The van der Waals surface area contributed by atoms with Crippen molar-refractivity contribution in [1.29, 1.82) is 0 Å². The molecule has 0 fully saturated rings. The molecular weight excluding hydrogens is 412 g/mol. The summed E-state index contributed by atoms with van der Waals surface area (Å²) in [6, 6.07) is 23.5. The second-order valence-corrected chi connectivity index (χ2v) is 8.54. The number of nitrogens with zero attached hydrogens (tertiary/aromatic N) is 2. The molecule has 0 amide bonds. The molecule has 0 saturated heterocycles. The fraction of sp³-hybridized carbons (Fsp3) is 0.130. The van der Waals surface area contributed by atoms with E-state index < -0.39 is 10.0 Å². The number of hydrogen-bond acceptors (Lipinski definition) is 6. The number of nitrogens with one attached hydrogen (secondary N) is 2. The van der Waals surface area contributed by atoms with Gasteiger partial charge >= 0.3 is 0 Å². The Bertz CT molecular complexity index is 1280. The van der Waals surface area contributed by atoms with E-state index in [1.807, 2.05) is 48.5 Å². The molecule has 0 bridgehead atoms. The van der Waals surface area contributed by atoms with E-state index in [0.29, 0.717) is 29.1 Å². The van der Waals surface area contributed by atoms with E-state index in [4.69, 9.17) is 4.74 Å². The Hall–Kier alpha value is -3.65. The summed E-state index contributed by atoms with van der Waals surface area (Å²) in [6.07, 6.45) is 0.764. The number of ether oxygens (including phenoxy) is 1. The first-order valence-electron chi connectivity index (χ1n) is 9.76. The highest BCUT2D eigenvalue weighted by Crippen LogP contribution is 2.25. The first-order chi connectivity index (χ1) is 15.0. The van der Waals surface area contributed by atoms with Crippen LogP contribution in [0.3, 0.4) is 0 Å². The van der Waals surface area contributed by atoms with Gasteiger partial charge in [-0.25, -0.2) is 18.4 Å². The molecule has 4 rings (SSSR count). The van der Waals surface area contributed by atoms with Crippen LogP contribution in [0.25, 0.3) is 11.0 Å². The molecule has 0 radical (unpaired) electrons. The van der Waals surface area contributed by atoms with Crippen LogP contribution in [0.5, 0.6) is 5.75 Å². The van der Waals surface area contributed by atoms with Gasteiger partial charge in [0.15, 0.2) is 11.6 Å². The Morgan fingerprint density at radius 1 is 0.806 bits per heavy atom. The van der Waals surface area contributed by atoms with Crippen LogP contribution in [0.4, 0.5) is 11.6 Å². The van der Waals surface area contributed by atoms with Crippen molar-refractivity contribution in [1.82, 2.24) is 9.97 Å². The van der Waals surface area contributed by atoms with Crippen LogP contribution in [0.2, 0.25) is 0 Å². The van der Waals surface area contributed by atoms with Crippen LogP contribution >= 0.6 is 0 Å². The number of rotatable bonds is 8. The van der Waals surface area contributed by atoms with Crippen molar-refractivity contribution in [3.05, 3.63) is 84.4 Å². The molecule has 0 aliphatic rings. The van der Waals surface area contributed by atoms with Crippen molar-refractivity contribution in [3.8, 4) is 5.75 Å². The third-order valence-electron chi connectivity index (χ3n) is 4.72. The number of benzene rings is 3. The Kier molecular flexibility index (Phi) is 5.99. The molecule has 4 aromatic rings. The van der Waals surface area contributed by atoms with Crippen molar-refractivity contribution in [3.63, 3.8) is 0 Å². The van der Waals surface area contributed by atoms with E-state index in [0.717, 1.165) is 6.42 Å². The summed E-state index contributed by atoms with van der Waals surface area (Å²) in [4.78, 5) is 9.21. The topological polar surface area (TPSA) is 93.2 Å². The maximum atomic E-state index is 12.9. The third-order valence-corrected chi connectivity index (χ3v) is 6.08. The van der Waals surface area contributed by atoms with Crippen LogP contribution in [0.15, 0.2) is 83.8 Å². The van der Waals surface area contributed by atoms with Crippen molar-refractivity contribution >= 4 is 32.7 Å². The zero-order valence-corrected chi connectivity index (χ0v) is 17.8. The van der Waals surface area contributed by atoms with Crippen molar-refractivity contribution in [2.24, 2.45) is 0 Å². The van der Waals surface area contributed by atoms with Crippen LogP contribution < -0.4 is 14.8 Å². The normalized spacial score (nSPS) is 11.3. The lowest BCUT2D eigenvalue weighted by atomic mass is 10.1. The molecule has 158 valence electrons. The number of hydrogen-bond donors (Lipinski definition) is 2. The van der Waals surface area contributed by atoms with Gasteiger partial charge in [0.05, 0.1) is 23.0 Å². The highest BCUT2D eigenvalue weighted by atomic mass is 32.2. The minimum atomic E-state index is -3.85. The maximum Gasteiger partial charge on any atom is 0.263 e. The summed E-state index contributed by atoms with van der Waals surface area (Å²) in [5.41, 5.74) is 2.45. The monoisotopic (exact) mass is 434 g/mol. The van der Waals surface area contributed by atoms with Gasteiger partial charge in [-0.1, -0.05) is 42.5 Å². The van der Waals surface area contributed by atoms with Crippen molar-refractivity contribution in [2.75, 3.05) is 23.7 Å². The number of para-hydroxylation sites is 2. The largest absolute Gasteiger partial charge is 0.497 e. The predicted octanol–water partition coefficient (Wildman–Crippen LogP) is 4.09. The van der Waals surface area contributed by atoms with Gasteiger partial charge in [-0.05, 0) is 48.4 Å². The molecule has 0 atom stereocenters. The average molecular weight is 435 g/mol. The molecule has 0 saturated carbocycles. The molecule has 31 heavy (non-hydrogen) atoms. The Balaban J connectivity index is 1.62. The van der Waals surface area contributed by atoms with E-state index in [1.165, 1.54) is 24.8 Å². The summed E-state index contributed by atoms with van der Waals surface area (Å²) >= 11 is 0. The molecule has 0 aliphatic carbocycles. The van der Waals surface area contributed by atoms with Gasteiger partial charge in [-0.2, -0.15) is 0 Å². The van der Waals surface area contributed by atoms with E-state index in [2.05, 4.69) is 20.0 Å². The van der Waals surface area contributed by atoms with Crippen LogP contribution in [0, 0.1) is 0 Å². The summed E-state index contributed by atoms with van der Waals surface area (Å²) < 4.78 is 33.6. The van der Waals surface area contributed by atoms with Crippen LogP contribution in [-0.4, -0.2) is 32.0 Å². The molecule has 2 N–H and O–H groups in total. The number of fused-ring (bicyclic) bond motifs is 1. The molecule has 0 unspecified atom stereocenters. The lowest BCUT2D eigenvalue weighted by molar-refractivity contribution is 0.414. The van der Waals surface area contributed by atoms with Gasteiger partial charge in [0.2, 0.25) is 0 Å². The highest BCUT2D eigenvalue weighted by molar-refractivity contribution is 7.92. The molecule has 0 aliphatic heterocycles. The van der Waals surface area contributed by atoms with Gasteiger partial charge < -0.3 is 10.1 Å². The molecule has 1 heterocycles. The summed E-state index contributed by atoms with van der Waals surface area (Å²) in [7, 11) is -2.33. The summed E-state index contributed by atoms with van der Waals surface area (Å²) in [5, 5.41) is 3.23. The first kappa shape index (κ1) is 20.6. The van der Waals surface area contributed by atoms with Crippen LogP contribution in [-0.2, 0) is 16.4 Å². The highest BCUT2D eigenvalue weighted by Gasteiger charge is 2.19.